The number of carbonyl (C=O) groups is 1. The van der Waals surface area contributed by atoms with Gasteiger partial charge in [-0.1, -0.05) is 86.0 Å². The van der Waals surface area contributed by atoms with Gasteiger partial charge in [0.1, 0.15) is 0 Å². The fourth-order valence-electron chi connectivity index (χ4n) is 2.86. The Bertz CT molecular complexity index is 949. The highest BCUT2D eigenvalue weighted by molar-refractivity contribution is 5.98. The number of benzene rings is 3. The van der Waals surface area contributed by atoms with Crippen molar-refractivity contribution in [3.63, 3.8) is 0 Å². The molecular weight excluding hydrogens is 320 g/mol. The molecule has 0 spiro atoms. The van der Waals surface area contributed by atoms with Crippen LogP contribution in [-0.2, 0) is 4.74 Å². The molecule has 0 amide bonds. The lowest BCUT2D eigenvalue weighted by Crippen LogP contribution is -2.04. The third-order valence-corrected chi connectivity index (χ3v) is 4.36. The van der Waals surface area contributed by atoms with E-state index in [-0.39, 0.29) is 5.97 Å². The number of hydrogen-bond donors (Lipinski definition) is 0. The maximum atomic E-state index is 12.4. The lowest BCUT2D eigenvalue weighted by atomic mass is 9.94. The Labute approximate surface area is 154 Å². The smallest absolute Gasteiger partial charge is 0.338 e. The van der Waals surface area contributed by atoms with Crippen molar-refractivity contribution in [2.45, 2.75) is 0 Å². The van der Waals surface area contributed by atoms with Gasteiger partial charge in [-0.05, 0) is 39.4 Å². The molecule has 128 valence electrons. The number of esters is 1. The zero-order chi connectivity index (χ0) is 18.5. The lowest BCUT2D eigenvalue weighted by molar-refractivity contribution is 0.0601. The third-order valence-electron chi connectivity index (χ3n) is 4.36. The zero-order valence-electron chi connectivity index (χ0n) is 14.7. The summed E-state index contributed by atoms with van der Waals surface area (Å²) in [6, 6.07) is 21.8. The topological polar surface area (TPSA) is 26.3 Å². The Hall–Kier alpha value is -3.39. The largest absolute Gasteiger partial charge is 0.465 e. The summed E-state index contributed by atoms with van der Waals surface area (Å²) in [5.41, 5.74) is 6.45. The summed E-state index contributed by atoms with van der Waals surface area (Å²) >= 11 is 0. The Morgan fingerprint density at radius 2 is 1.27 bits per heavy atom. The van der Waals surface area contributed by atoms with Gasteiger partial charge in [-0.15, -0.1) is 0 Å². The van der Waals surface area contributed by atoms with Crippen LogP contribution in [0, 0.1) is 0 Å². The van der Waals surface area contributed by atoms with E-state index < -0.39 is 0 Å². The molecule has 0 fully saturated rings. The number of methoxy groups -OCH3 is 1. The molecule has 0 aliphatic heterocycles. The lowest BCUT2D eigenvalue weighted by Gasteiger charge is -2.11. The molecule has 0 aliphatic carbocycles. The molecule has 3 rings (SSSR count). The standard InChI is InChI=1S/C24H20O2/c1-4-17-6-10-19(11-7-17)21-14-15-22(23(16-21)24(25)26-3)20-12-8-18(5-2)9-13-20/h4-16H,1-2H2,3H3. The average molecular weight is 340 g/mol. The van der Waals surface area contributed by atoms with Gasteiger partial charge in [-0.2, -0.15) is 0 Å². The fourth-order valence-corrected chi connectivity index (χ4v) is 2.86. The highest BCUT2D eigenvalue weighted by atomic mass is 16.5. The van der Waals surface area contributed by atoms with Crippen LogP contribution in [0.5, 0.6) is 0 Å². The van der Waals surface area contributed by atoms with Crippen LogP contribution >= 0.6 is 0 Å². The van der Waals surface area contributed by atoms with Gasteiger partial charge in [0.2, 0.25) is 0 Å². The first-order valence-corrected chi connectivity index (χ1v) is 8.34. The Kier molecular flexibility index (Phi) is 5.14. The SMILES string of the molecule is C=Cc1ccc(-c2ccc(-c3ccc(C=C)cc3)c(C(=O)OC)c2)cc1. The monoisotopic (exact) mass is 340 g/mol. The second-order valence-electron chi connectivity index (χ2n) is 5.90. The van der Waals surface area contributed by atoms with Crippen molar-refractivity contribution in [1.82, 2.24) is 0 Å². The summed E-state index contributed by atoms with van der Waals surface area (Å²) in [4.78, 5) is 12.4. The molecule has 3 aromatic rings. The predicted octanol–water partition coefficient (Wildman–Crippen LogP) is 6.09. The van der Waals surface area contributed by atoms with Crippen molar-refractivity contribution in [2.24, 2.45) is 0 Å². The van der Waals surface area contributed by atoms with E-state index >= 15 is 0 Å². The minimum absolute atomic E-state index is 0.350. The molecule has 0 saturated heterocycles. The Morgan fingerprint density at radius 1 is 0.769 bits per heavy atom. The third kappa shape index (κ3) is 3.50. The van der Waals surface area contributed by atoms with Crippen LogP contribution in [-0.4, -0.2) is 13.1 Å². The van der Waals surface area contributed by atoms with E-state index in [0.717, 1.165) is 33.4 Å². The minimum Gasteiger partial charge on any atom is -0.465 e. The molecule has 3 aromatic carbocycles. The first-order chi connectivity index (χ1) is 12.7. The van der Waals surface area contributed by atoms with Crippen molar-refractivity contribution in [3.8, 4) is 22.3 Å². The van der Waals surface area contributed by atoms with Crippen LogP contribution in [0.4, 0.5) is 0 Å². The maximum absolute atomic E-state index is 12.4. The summed E-state index contributed by atoms with van der Waals surface area (Å²) in [6.07, 6.45) is 3.60. The summed E-state index contributed by atoms with van der Waals surface area (Å²) in [5, 5.41) is 0. The Morgan fingerprint density at radius 3 is 1.77 bits per heavy atom. The normalized spacial score (nSPS) is 10.2. The molecule has 2 heteroatoms. The molecule has 0 atom stereocenters. The van der Waals surface area contributed by atoms with Crippen molar-refractivity contribution in [1.29, 1.82) is 0 Å². The molecule has 26 heavy (non-hydrogen) atoms. The molecule has 0 aromatic heterocycles. The number of carbonyl (C=O) groups excluding carboxylic acids is 1. The van der Waals surface area contributed by atoms with Crippen molar-refractivity contribution >= 4 is 18.1 Å². The average Bonchev–Trinajstić information content (AvgIpc) is 2.73. The van der Waals surface area contributed by atoms with Gasteiger partial charge < -0.3 is 4.74 Å². The van der Waals surface area contributed by atoms with E-state index in [1.165, 1.54) is 7.11 Å². The molecule has 0 saturated carbocycles. The van der Waals surface area contributed by atoms with E-state index in [2.05, 4.69) is 13.2 Å². The van der Waals surface area contributed by atoms with Gasteiger partial charge in [0.15, 0.2) is 0 Å². The first kappa shape index (κ1) is 17.4. The highest BCUT2D eigenvalue weighted by Crippen LogP contribution is 2.30. The molecular formula is C24H20O2. The second kappa shape index (κ2) is 7.66. The molecule has 0 aliphatic rings. The van der Waals surface area contributed by atoms with Crippen LogP contribution in [0.3, 0.4) is 0 Å². The van der Waals surface area contributed by atoms with Gasteiger partial charge >= 0.3 is 5.97 Å². The van der Waals surface area contributed by atoms with Gasteiger partial charge in [0, 0.05) is 0 Å². The maximum Gasteiger partial charge on any atom is 0.338 e. The molecule has 0 N–H and O–H groups in total. The quantitative estimate of drug-likeness (QED) is 0.525. The van der Waals surface area contributed by atoms with Gasteiger partial charge in [0.05, 0.1) is 12.7 Å². The van der Waals surface area contributed by atoms with E-state index in [1.54, 1.807) is 12.2 Å². The fraction of sp³-hybridized carbons (Fsp3) is 0.0417. The van der Waals surface area contributed by atoms with Crippen LogP contribution in [0.15, 0.2) is 79.9 Å². The van der Waals surface area contributed by atoms with Gasteiger partial charge in [-0.3, -0.25) is 0 Å². The van der Waals surface area contributed by atoms with Crippen molar-refractivity contribution in [2.75, 3.05) is 7.11 Å². The zero-order valence-corrected chi connectivity index (χ0v) is 14.7. The highest BCUT2D eigenvalue weighted by Gasteiger charge is 2.15. The van der Waals surface area contributed by atoms with E-state index in [0.29, 0.717) is 5.56 Å². The van der Waals surface area contributed by atoms with E-state index in [1.807, 2.05) is 66.7 Å². The molecule has 2 nitrogen and oxygen atoms in total. The first-order valence-electron chi connectivity index (χ1n) is 8.34. The number of ether oxygens (including phenoxy) is 1. The number of hydrogen-bond acceptors (Lipinski definition) is 2. The van der Waals surface area contributed by atoms with Crippen LogP contribution < -0.4 is 0 Å². The Balaban J connectivity index is 2.08. The summed E-state index contributed by atoms with van der Waals surface area (Å²) in [5.74, 6) is -0.350. The van der Waals surface area contributed by atoms with E-state index in [4.69, 9.17) is 4.74 Å². The predicted molar refractivity (Wildman–Crippen MR) is 109 cm³/mol. The van der Waals surface area contributed by atoms with Crippen LogP contribution in [0.25, 0.3) is 34.4 Å². The van der Waals surface area contributed by atoms with Gasteiger partial charge in [0.25, 0.3) is 0 Å². The number of rotatable bonds is 5. The molecule has 0 radical (unpaired) electrons. The molecule has 0 unspecified atom stereocenters. The van der Waals surface area contributed by atoms with Crippen LogP contribution in [0.1, 0.15) is 21.5 Å². The summed E-state index contributed by atoms with van der Waals surface area (Å²) in [6.45, 7) is 7.54. The van der Waals surface area contributed by atoms with Crippen molar-refractivity contribution < 1.29 is 9.53 Å². The molecule has 0 heterocycles. The summed E-state index contributed by atoms with van der Waals surface area (Å²) in [7, 11) is 1.40. The van der Waals surface area contributed by atoms with Crippen LogP contribution in [0.2, 0.25) is 0 Å². The molecule has 0 bridgehead atoms. The van der Waals surface area contributed by atoms with Crippen molar-refractivity contribution in [3.05, 3.63) is 96.6 Å². The summed E-state index contributed by atoms with van der Waals surface area (Å²) < 4.78 is 5.00. The second-order valence-corrected chi connectivity index (χ2v) is 5.90. The van der Waals surface area contributed by atoms with E-state index in [9.17, 15) is 4.79 Å². The van der Waals surface area contributed by atoms with Gasteiger partial charge in [-0.25, -0.2) is 4.79 Å². The minimum atomic E-state index is -0.350.